The first-order valence-corrected chi connectivity index (χ1v) is 10.8. The monoisotopic (exact) mass is 444 g/mol. The number of ether oxygens (including phenoxy) is 1. The van der Waals surface area contributed by atoms with Gasteiger partial charge in [-0.2, -0.15) is 5.10 Å². The Hall–Kier alpha value is -3.14. The summed E-state index contributed by atoms with van der Waals surface area (Å²) in [5.74, 6) is 0.985. The number of hydrogen-bond acceptors (Lipinski definition) is 7. The van der Waals surface area contributed by atoms with Crippen molar-refractivity contribution in [3.63, 3.8) is 0 Å². The van der Waals surface area contributed by atoms with Crippen molar-refractivity contribution in [2.45, 2.75) is 51.6 Å². The van der Waals surface area contributed by atoms with E-state index in [0.29, 0.717) is 43.3 Å². The molecule has 10 nitrogen and oxygen atoms in total. The van der Waals surface area contributed by atoms with Crippen molar-refractivity contribution < 1.29 is 19.4 Å². The van der Waals surface area contributed by atoms with Gasteiger partial charge in [0.2, 0.25) is 5.91 Å². The van der Waals surface area contributed by atoms with E-state index >= 15 is 0 Å². The normalized spacial score (nSPS) is 15.8. The number of aromatic nitrogens is 3. The van der Waals surface area contributed by atoms with Crippen LogP contribution in [0.2, 0.25) is 0 Å². The molecule has 2 amide bonds. The Kier molecular flexibility index (Phi) is 7.02. The van der Waals surface area contributed by atoms with Crippen molar-refractivity contribution in [3.8, 4) is 0 Å². The first kappa shape index (κ1) is 23.5. The lowest BCUT2D eigenvalue weighted by Crippen LogP contribution is -2.54. The summed E-state index contributed by atoms with van der Waals surface area (Å²) in [6.07, 6.45) is 0.391. The van der Waals surface area contributed by atoms with Crippen LogP contribution in [0, 0.1) is 6.92 Å². The van der Waals surface area contributed by atoms with E-state index in [1.54, 1.807) is 4.90 Å². The van der Waals surface area contributed by atoms with Crippen molar-refractivity contribution in [1.82, 2.24) is 25.4 Å². The Labute approximate surface area is 187 Å². The summed E-state index contributed by atoms with van der Waals surface area (Å²) in [4.78, 5) is 32.1. The fourth-order valence-corrected chi connectivity index (χ4v) is 3.72. The number of pyridine rings is 1. The molecule has 2 aromatic heterocycles. The summed E-state index contributed by atoms with van der Waals surface area (Å²) in [6, 6.07) is 7.33. The first-order valence-electron chi connectivity index (χ1n) is 10.8. The second-order valence-corrected chi connectivity index (χ2v) is 9.00. The third kappa shape index (κ3) is 5.56. The van der Waals surface area contributed by atoms with E-state index in [4.69, 9.17) is 9.72 Å². The number of nitrogens with zero attached hydrogens (tertiary/aromatic N) is 3. The molecule has 4 N–H and O–H groups in total. The van der Waals surface area contributed by atoms with Crippen LogP contribution in [-0.2, 0) is 14.9 Å². The number of H-pyrrole nitrogens is 1. The fourth-order valence-electron chi connectivity index (χ4n) is 3.72. The minimum absolute atomic E-state index is 0.153. The lowest BCUT2D eigenvalue weighted by molar-refractivity contribution is -0.129. The van der Waals surface area contributed by atoms with Crippen LogP contribution in [0.1, 0.15) is 45.0 Å². The highest BCUT2D eigenvalue weighted by molar-refractivity contribution is 5.88. The number of piperidine rings is 1. The Balaban J connectivity index is 1.83. The van der Waals surface area contributed by atoms with Crippen LogP contribution in [0.3, 0.4) is 0 Å². The molecule has 1 aliphatic heterocycles. The summed E-state index contributed by atoms with van der Waals surface area (Å²) < 4.78 is 5.48. The second-order valence-electron chi connectivity index (χ2n) is 9.00. The number of carbonyl (C=O) groups excluding carboxylic acids is 2. The van der Waals surface area contributed by atoms with Gasteiger partial charge in [0.05, 0.1) is 17.7 Å². The molecule has 32 heavy (non-hydrogen) atoms. The zero-order valence-electron chi connectivity index (χ0n) is 19.1. The standard InChI is InChI=1S/C22H32N6O4/c1-15-14-18(27-26-15)25-17-7-5-6-16(24-17)22(19(30)23-10-13-29)8-11-28(12-9-22)20(31)32-21(2,3)4/h5-7,14,29H,8-13H2,1-4H3,(H,23,30)(H2,24,25,26,27). The van der Waals surface area contributed by atoms with Gasteiger partial charge < -0.3 is 25.4 Å². The van der Waals surface area contributed by atoms with Gasteiger partial charge in [0.1, 0.15) is 11.4 Å². The quantitative estimate of drug-likeness (QED) is 0.537. The highest BCUT2D eigenvalue weighted by Gasteiger charge is 2.45. The van der Waals surface area contributed by atoms with Gasteiger partial charge in [-0.15, -0.1) is 0 Å². The van der Waals surface area contributed by atoms with E-state index in [1.807, 2.05) is 52.0 Å². The molecule has 0 aliphatic carbocycles. The maximum Gasteiger partial charge on any atom is 0.410 e. The molecule has 0 bridgehead atoms. The number of hydrogen-bond donors (Lipinski definition) is 4. The molecule has 1 saturated heterocycles. The van der Waals surface area contributed by atoms with Crippen molar-refractivity contribution in [1.29, 1.82) is 0 Å². The Morgan fingerprint density at radius 2 is 1.97 bits per heavy atom. The molecule has 10 heteroatoms. The van der Waals surface area contributed by atoms with Crippen LogP contribution in [0.4, 0.5) is 16.4 Å². The van der Waals surface area contributed by atoms with Crippen molar-refractivity contribution in [2.24, 2.45) is 0 Å². The minimum Gasteiger partial charge on any atom is -0.444 e. The zero-order valence-corrected chi connectivity index (χ0v) is 19.1. The molecule has 0 spiro atoms. The number of aromatic amines is 1. The van der Waals surface area contributed by atoms with Gasteiger partial charge in [-0.3, -0.25) is 9.89 Å². The molecule has 1 fully saturated rings. The molecule has 174 valence electrons. The summed E-state index contributed by atoms with van der Waals surface area (Å²) in [5.41, 5.74) is 0.00967. The lowest BCUT2D eigenvalue weighted by Gasteiger charge is -2.40. The van der Waals surface area contributed by atoms with Crippen LogP contribution >= 0.6 is 0 Å². The van der Waals surface area contributed by atoms with Crippen LogP contribution in [0.5, 0.6) is 0 Å². The largest absolute Gasteiger partial charge is 0.444 e. The molecule has 2 aromatic rings. The SMILES string of the molecule is Cc1cc(Nc2cccc(C3(C(=O)NCCO)CCN(C(=O)OC(C)(C)C)CC3)n2)n[nH]1. The van der Waals surface area contributed by atoms with E-state index in [9.17, 15) is 14.7 Å². The van der Waals surface area contributed by atoms with E-state index in [0.717, 1.165) is 5.69 Å². The smallest absolute Gasteiger partial charge is 0.410 e. The van der Waals surface area contributed by atoms with Gasteiger partial charge in [-0.05, 0) is 52.7 Å². The molecule has 0 unspecified atom stereocenters. The number of likely N-dealkylation sites (tertiary alicyclic amines) is 1. The number of carbonyl (C=O) groups is 2. The van der Waals surface area contributed by atoms with E-state index in [-0.39, 0.29) is 25.2 Å². The van der Waals surface area contributed by atoms with E-state index in [2.05, 4.69) is 20.8 Å². The third-order valence-electron chi connectivity index (χ3n) is 5.30. The number of nitrogens with one attached hydrogen (secondary N) is 3. The van der Waals surface area contributed by atoms with Crippen molar-refractivity contribution in [2.75, 3.05) is 31.6 Å². The van der Waals surface area contributed by atoms with Crippen molar-refractivity contribution in [3.05, 3.63) is 35.7 Å². The van der Waals surface area contributed by atoms with Gasteiger partial charge in [-0.25, -0.2) is 9.78 Å². The zero-order chi connectivity index (χ0) is 23.4. The molecule has 0 aromatic carbocycles. The fraction of sp³-hybridized carbons (Fsp3) is 0.545. The Morgan fingerprint density at radius 1 is 1.25 bits per heavy atom. The topological polar surface area (TPSA) is 132 Å². The Morgan fingerprint density at radius 3 is 2.56 bits per heavy atom. The molecular weight excluding hydrogens is 412 g/mol. The van der Waals surface area contributed by atoms with Crippen LogP contribution in [0.25, 0.3) is 0 Å². The number of rotatable bonds is 6. The van der Waals surface area contributed by atoms with E-state index in [1.165, 1.54) is 0 Å². The molecule has 0 atom stereocenters. The molecule has 3 rings (SSSR count). The van der Waals surface area contributed by atoms with E-state index < -0.39 is 11.0 Å². The predicted octanol–water partition coefficient (Wildman–Crippen LogP) is 2.23. The van der Waals surface area contributed by atoms with Gasteiger partial charge in [0, 0.05) is 31.4 Å². The van der Waals surface area contributed by atoms with Gasteiger partial charge in [-0.1, -0.05) is 6.07 Å². The predicted molar refractivity (Wildman–Crippen MR) is 120 cm³/mol. The number of aliphatic hydroxyl groups excluding tert-OH is 1. The average Bonchev–Trinajstić information content (AvgIpc) is 3.15. The highest BCUT2D eigenvalue weighted by Crippen LogP contribution is 2.36. The minimum atomic E-state index is -0.924. The average molecular weight is 445 g/mol. The molecule has 3 heterocycles. The molecule has 1 aliphatic rings. The Bertz CT molecular complexity index is 944. The summed E-state index contributed by atoms with van der Waals surface area (Å²) >= 11 is 0. The summed E-state index contributed by atoms with van der Waals surface area (Å²) in [7, 11) is 0. The van der Waals surface area contributed by atoms with Gasteiger partial charge in [0.25, 0.3) is 0 Å². The summed E-state index contributed by atoms with van der Waals surface area (Å²) in [5, 5.41) is 22.2. The van der Waals surface area contributed by atoms with Gasteiger partial charge >= 0.3 is 6.09 Å². The second kappa shape index (κ2) is 9.56. The number of aryl methyl sites for hydroxylation is 1. The lowest BCUT2D eigenvalue weighted by atomic mass is 9.74. The van der Waals surface area contributed by atoms with Crippen LogP contribution in [0.15, 0.2) is 24.3 Å². The maximum absolute atomic E-state index is 13.2. The maximum atomic E-state index is 13.2. The third-order valence-corrected chi connectivity index (χ3v) is 5.30. The van der Waals surface area contributed by atoms with Crippen LogP contribution < -0.4 is 10.6 Å². The summed E-state index contributed by atoms with van der Waals surface area (Å²) in [6.45, 7) is 8.10. The number of amides is 2. The van der Waals surface area contributed by atoms with Gasteiger partial charge in [0.15, 0.2) is 5.82 Å². The van der Waals surface area contributed by atoms with Crippen molar-refractivity contribution >= 4 is 23.6 Å². The first-order chi connectivity index (χ1) is 15.1. The molecule has 0 saturated carbocycles. The number of anilines is 2. The number of aliphatic hydroxyl groups is 1. The molecule has 0 radical (unpaired) electrons. The highest BCUT2D eigenvalue weighted by atomic mass is 16.6. The van der Waals surface area contributed by atoms with Crippen LogP contribution in [-0.4, -0.2) is 69.0 Å². The molecular formula is C22H32N6O4.